The van der Waals surface area contributed by atoms with Crippen molar-refractivity contribution >= 4 is 0 Å². The van der Waals surface area contributed by atoms with E-state index in [1.165, 1.54) is 6.20 Å². The van der Waals surface area contributed by atoms with Crippen LogP contribution in [0.15, 0.2) is 18.5 Å². The molecule has 0 saturated heterocycles. The number of hydrogen-bond acceptors (Lipinski definition) is 2. The van der Waals surface area contributed by atoms with Gasteiger partial charge in [-0.3, -0.25) is 4.98 Å². The monoisotopic (exact) mass is 245 g/mol. The number of rotatable bonds is 1. The summed E-state index contributed by atoms with van der Waals surface area (Å²) >= 11 is 0. The van der Waals surface area contributed by atoms with Gasteiger partial charge in [-0.05, 0) is 36.3 Å². The Kier molecular flexibility index (Phi) is 2.89. The van der Waals surface area contributed by atoms with Gasteiger partial charge in [0.25, 0.3) is 0 Å². The van der Waals surface area contributed by atoms with Crippen molar-refractivity contribution in [3.63, 3.8) is 0 Å². The van der Waals surface area contributed by atoms with Gasteiger partial charge in [-0.15, -0.1) is 0 Å². The minimum Gasteiger partial charge on any atom is -0.393 e. The van der Waals surface area contributed by atoms with E-state index < -0.39 is 23.3 Å². The maximum absolute atomic E-state index is 12.9. The normalized spacial score (nSPS) is 29.6. The molecular formula is C12H14F3NO. The SMILES string of the molecule is CC1(c2cnccc2C(F)(F)F)CCC(O)C1. The van der Waals surface area contributed by atoms with Crippen LogP contribution in [0, 0.1) is 0 Å². The standard InChI is InChI=1S/C12H14F3NO/c1-11(4-2-8(17)6-11)10-7-16-5-3-9(10)12(13,14)15/h3,5,7-8,17H,2,4,6H2,1H3. The average Bonchev–Trinajstić information content (AvgIpc) is 2.59. The molecule has 1 fully saturated rings. The summed E-state index contributed by atoms with van der Waals surface area (Å²) in [6, 6.07) is 1.01. The fraction of sp³-hybridized carbons (Fsp3) is 0.583. The Balaban J connectivity index is 2.46. The van der Waals surface area contributed by atoms with Gasteiger partial charge in [-0.1, -0.05) is 6.92 Å². The van der Waals surface area contributed by atoms with Crippen LogP contribution in [-0.4, -0.2) is 16.2 Å². The fourth-order valence-electron chi connectivity index (χ4n) is 2.58. The number of aliphatic hydroxyl groups is 1. The first-order valence-corrected chi connectivity index (χ1v) is 5.53. The van der Waals surface area contributed by atoms with Crippen LogP contribution in [0.3, 0.4) is 0 Å². The lowest BCUT2D eigenvalue weighted by Gasteiger charge is -2.27. The molecule has 2 atom stereocenters. The van der Waals surface area contributed by atoms with E-state index in [0.29, 0.717) is 19.3 Å². The van der Waals surface area contributed by atoms with Crippen LogP contribution < -0.4 is 0 Å². The van der Waals surface area contributed by atoms with Crippen LogP contribution >= 0.6 is 0 Å². The van der Waals surface area contributed by atoms with Crippen molar-refractivity contribution in [3.8, 4) is 0 Å². The molecule has 0 radical (unpaired) electrons. The molecule has 0 aromatic carbocycles. The highest BCUT2D eigenvalue weighted by Crippen LogP contribution is 2.45. The second kappa shape index (κ2) is 3.98. The van der Waals surface area contributed by atoms with E-state index in [2.05, 4.69) is 4.98 Å². The van der Waals surface area contributed by atoms with Crippen LogP contribution in [0.25, 0.3) is 0 Å². The van der Waals surface area contributed by atoms with Gasteiger partial charge in [0.05, 0.1) is 11.7 Å². The second-order valence-electron chi connectivity index (χ2n) is 4.88. The third kappa shape index (κ3) is 2.29. The third-order valence-corrected chi connectivity index (χ3v) is 3.49. The van der Waals surface area contributed by atoms with Crippen molar-refractivity contribution in [2.75, 3.05) is 0 Å². The molecule has 0 bridgehead atoms. The Bertz CT molecular complexity index is 418. The molecule has 94 valence electrons. The minimum atomic E-state index is -4.37. The van der Waals surface area contributed by atoms with Crippen molar-refractivity contribution in [2.45, 2.75) is 43.9 Å². The quantitative estimate of drug-likeness (QED) is 0.825. The largest absolute Gasteiger partial charge is 0.416 e. The fourth-order valence-corrected chi connectivity index (χ4v) is 2.58. The predicted molar refractivity (Wildman–Crippen MR) is 56.4 cm³/mol. The summed E-state index contributed by atoms with van der Waals surface area (Å²) in [5, 5.41) is 9.52. The highest BCUT2D eigenvalue weighted by Gasteiger charge is 2.43. The third-order valence-electron chi connectivity index (χ3n) is 3.49. The summed E-state index contributed by atoms with van der Waals surface area (Å²) in [4.78, 5) is 3.79. The van der Waals surface area contributed by atoms with E-state index in [9.17, 15) is 18.3 Å². The van der Waals surface area contributed by atoms with Gasteiger partial charge < -0.3 is 5.11 Å². The zero-order valence-electron chi connectivity index (χ0n) is 9.46. The summed E-state index contributed by atoms with van der Waals surface area (Å²) in [7, 11) is 0. The molecule has 0 spiro atoms. The Labute approximate surface area is 97.5 Å². The maximum Gasteiger partial charge on any atom is 0.416 e. The molecule has 17 heavy (non-hydrogen) atoms. The Morgan fingerprint density at radius 2 is 2.18 bits per heavy atom. The Morgan fingerprint density at radius 1 is 1.47 bits per heavy atom. The molecular weight excluding hydrogens is 231 g/mol. The highest BCUT2D eigenvalue weighted by molar-refractivity contribution is 5.34. The van der Waals surface area contributed by atoms with Crippen LogP contribution in [0.5, 0.6) is 0 Å². The summed E-state index contributed by atoms with van der Waals surface area (Å²) in [5.41, 5.74) is -1.06. The van der Waals surface area contributed by atoms with Gasteiger partial charge in [-0.25, -0.2) is 0 Å². The molecule has 1 aliphatic carbocycles. The second-order valence-corrected chi connectivity index (χ2v) is 4.88. The van der Waals surface area contributed by atoms with Crippen LogP contribution in [0.2, 0.25) is 0 Å². The number of halogens is 3. The Morgan fingerprint density at radius 3 is 2.71 bits per heavy atom. The molecule has 1 aliphatic rings. The lowest BCUT2D eigenvalue weighted by Crippen LogP contribution is -2.24. The number of nitrogens with zero attached hydrogens (tertiary/aromatic N) is 1. The summed E-state index contributed by atoms with van der Waals surface area (Å²) in [5.74, 6) is 0. The van der Waals surface area contributed by atoms with Crippen LogP contribution in [0.4, 0.5) is 13.2 Å². The van der Waals surface area contributed by atoms with Gasteiger partial charge in [0, 0.05) is 12.4 Å². The van der Waals surface area contributed by atoms with E-state index in [-0.39, 0.29) is 5.56 Å². The first-order valence-electron chi connectivity index (χ1n) is 5.53. The number of aliphatic hydroxyl groups excluding tert-OH is 1. The van der Waals surface area contributed by atoms with Crippen molar-refractivity contribution in [2.24, 2.45) is 0 Å². The molecule has 1 aromatic rings. The van der Waals surface area contributed by atoms with Gasteiger partial charge in [0.1, 0.15) is 0 Å². The van der Waals surface area contributed by atoms with Gasteiger partial charge >= 0.3 is 6.18 Å². The predicted octanol–water partition coefficient (Wildman–Crippen LogP) is 2.90. The molecule has 2 unspecified atom stereocenters. The zero-order valence-corrected chi connectivity index (χ0v) is 9.46. The highest BCUT2D eigenvalue weighted by atomic mass is 19.4. The lowest BCUT2D eigenvalue weighted by atomic mass is 9.79. The Hall–Kier alpha value is -1.10. The molecule has 1 saturated carbocycles. The topological polar surface area (TPSA) is 33.1 Å². The van der Waals surface area contributed by atoms with Crippen LogP contribution in [0.1, 0.15) is 37.3 Å². The summed E-state index contributed by atoms with van der Waals surface area (Å²) < 4.78 is 38.6. The minimum absolute atomic E-state index is 0.198. The van der Waals surface area contributed by atoms with Crippen molar-refractivity contribution in [1.82, 2.24) is 4.98 Å². The lowest BCUT2D eigenvalue weighted by molar-refractivity contribution is -0.138. The summed E-state index contributed by atoms with van der Waals surface area (Å²) in [6.07, 6.45) is -0.981. The average molecular weight is 245 g/mol. The molecule has 0 amide bonds. The maximum atomic E-state index is 12.9. The van der Waals surface area contributed by atoms with Gasteiger partial charge in [0.2, 0.25) is 0 Å². The molecule has 2 nitrogen and oxygen atoms in total. The number of aromatic nitrogens is 1. The molecule has 1 N–H and O–H groups in total. The summed E-state index contributed by atoms with van der Waals surface area (Å²) in [6.45, 7) is 1.76. The van der Waals surface area contributed by atoms with E-state index >= 15 is 0 Å². The van der Waals surface area contributed by atoms with E-state index in [4.69, 9.17) is 0 Å². The molecule has 1 aromatic heterocycles. The smallest absolute Gasteiger partial charge is 0.393 e. The van der Waals surface area contributed by atoms with Crippen molar-refractivity contribution in [3.05, 3.63) is 29.6 Å². The van der Waals surface area contributed by atoms with Gasteiger partial charge in [0.15, 0.2) is 0 Å². The number of alkyl halides is 3. The zero-order chi connectivity index (χ0) is 12.7. The first-order chi connectivity index (χ1) is 7.83. The van der Waals surface area contributed by atoms with Gasteiger partial charge in [-0.2, -0.15) is 13.2 Å². The molecule has 2 rings (SSSR count). The van der Waals surface area contributed by atoms with Crippen molar-refractivity contribution < 1.29 is 18.3 Å². The molecule has 5 heteroatoms. The van der Waals surface area contributed by atoms with Crippen LogP contribution in [-0.2, 0) is 11.6 Å². The first kappa shape index (κ1) is 12.4. The molecule has 0 aliphatic heterocycles. The number of pyridine rings is 1. The van der Waals surface area contributed by atoms with E-state index in [1.807, 2.05) is 0 Å². The van der Waals surface area contributed by atoms with E-state index in [0.717, 1.165) is 12.3 Å². The van der Waals surface area contributed by atoms with Crippen molar-refractivity contribution in [1.29, 1.82) is 0 Å². The number of hydrogen-bond donors (Lipinski definition) is 1. The molecule has 1 heterocycles. The van der Waals surface area contributed by atoms with E-state index in [1.54, 1.807) is 6.92 Å².